The van der Waals surface area contributed by atoms with Gasteiger partial charge in [0.2, 0.25) is 0 Å². The molecular weight excluding hydrogens is 186 g/mol. The summed E-state index contributed by atoms with van der Waals surface area (Å²) in [6.07, 6.45) is 3.88. The van der Waals surface area contributed by atoms with Crippen LogP contribution in [0.5, 0.6) is 0 Å². The molecule has 0 radical (unpaired) electrons. The van der Waals surface area contributed by atoms with Gasteiger partial charge in [-0.3, -0.25) is 0 Å². The van der Waals surface area contributed by atoms with Gasteiger partial charge in [0, 0.05) is 12.6 Å². The van der Waals surface area contributed by atoms with Crippen LogP contribution in [0, 0.1) is 0 Å². The molecule has 0 aromatic carbocycles. The summed E-state index contributed by atoms with van der Waals surface area (Å²) >= 11 is 0. The van der Waals surface area contributed by atoms with Gasteiger partial charge < -0.3 is 15.1 Å². The summed E-state index contributed by atoms with van der Waals surface area (Å²) in [6, 6.07) is 0.786. The van der Waals surface area contributed by atoms with Gasteiger partial charge in [0.15, 0.2) is 0 Å². The van der Waals surface area contributed by atoms with Crippen LogP contribution in [0.1, 0.15) is 26.2 Å². The summed E-state index contributed by atoms with van der Waals surface area (Å²) in [5.74, 6) is 0. The van der Waals surface area contributed by atoms with Gasteiger partial charge in [-0.2, -0.15) is 0 Å². The standard InChI is InChI=1S/C12H27N3/c1-4-7-13-8-5-9-15-10-6-12(11-15)14(2)3/h12-13H,4-11H2,1-3H3. The molecule has 1 heterocycles. The van der Waals surface area contributed by atoms with Crippen molar-refractivity contribution in [1.29, 1.82) is 0 Å². The lowest BCUT2D eigenvalue weighted by Crippen LogP contribution is -2.32. The highest BCUT2D eigenvalue weighted by Gasteiger charge is 2.22. The SMILES string of the molecule is CCCNCCCN1CCC(N(C)C)C1. The Bertz CT molecular complexity index is 159. The first-order valence-corrected chi connectivity index (χ1v) is 6.33. The minimum Gasteiger partial charge on any atom is -0.317 e. The number of likely N-dealkylation sites (tertiary alicyclic amines) is 1. The molecule has 1 saturated heterocycles. The van der Waals surface area contributed by atoms with Crippen LogP contribution in [0.15, 0.2) is 0 Å². The van der Waals surface area contributed by atoms with Crippen LogP contribution in [-0.2, 0) is 0 Å². The Hall–Kier alpha value is -0.120. The van der Waals surface area contributed by atoms with Crippen LogP contribution >= 0.6 is 0 Å². The maximum absolute atomic E-state index is 3.46. The molecule has 1 N–H and O–H groups in total. The topological polar surface area (TPSA) is 18.5 Å². The van der Waals surface area contributed by atoms with Crippen molar-refractivity contribution in [3.05, 3.63) is 0 Å². The second-order valence-corrected chi connectivity index (χ2v) is 4.81. The Balaban J connectivity index is 1.99. The second-order valence-electron chi connectivity index (χ2n) is 4.81. The summed E-state index contributed by atoms with van der Waals surface area (Å²) in [5, 5.41) is 3.46. The summed E-state index contributed by atoms with van der Waals surface area (Å²) in [4.78, 5) is 4.95. The maximum atomic E-state index is 3.46. The molecule has 1 rings (SSSR count). The van der Waals surface area contributed by atoms with Crippen molar-refractivity contribution in [2.75, 3.05) is 46.8 Å². The predicted molar refractivity (Wildman–Crippen MR) is 66.3 cm³/mol. The first-order valence-electron chi connectivity index (χ1n) is 6.33. The molecular formula is C12H27N3. The molecule has 0 aromatic heterocycles. The van der Waals surface area contributed by atoms with E-state index in [2.05, 4.69) is 36.1 Å². The fourth-order valence-corrected chi connectivity index (χ4v) is 2.17. The van der Waals surface area contributed by atoms with E-state index in [1.54, 1.807) is 0 Å². The zero-order chi connectivity index (χ0) is 11.1. The minimum absolute atomic E-state index is 0.786. The van der Waals surface area contributed by atoms with Gasteiger partial charge in [-0.05, 0) is 59.5 Å². The average Bonchev–Trinajstić information content (AvgIpc) is 2.66. The van der Waals surface area contributed by atoms with Crippen LogP contribution in [0.4, 0.5) is 0 Å². The molecule has 1 aliphatic heterocycles. The lowest BCUT2D eigenvalue weighted by molar-refractivity contribution is 0.266. The van der Waals surface area contributed by atoms with E-state index in [1.807, 2.05) is 0 Å². The number of hydrogen-bond acceptors (Lipinski definition) is 3. The van der Waals surface area contributed by atoms with Gasteiger partial charge in [0.25, 0.3) is 0 Å². The van der Waals surface area contributed by atoms with Crippen LogP contribution in [-0.4, -0.2) is 62.7 Å². The van der Waals surface area contributed by atoms with Gasteiger partial charge >= 0.3 is 0 Å². The van der Waals surface area contributed by atoms with Crippen molar-refractivity contribution in [2.24, 2.45) is 0 Å². The van der Waals surface area contributed by atoms with Crippen molar-refractivity contribution >= 4 is 0 Å². The summed E-state index contributed by atoms with van der Waals surface area (Å²) in [5.41, 5.74) is 0. The fraction of sp³-hybridized carbons (Fsp3) is 1.00. The van der Waals surface area contributed by atoms with E-state index in [0.29, 0.717) is 0 Å². The molecule has 0 bridgehead atoms. The van der Waals surface area contributed by atoms with Gasteiger partial charge in [-0.15, -0.1) is 0 Å². The molecule has 1 atom stereocenters. The Labute approximate surface area is 94.8 Å². The van der Waals surface area contributed by atoms with Crippen molar-refractivity contribution in [2.45, 2.75) is 32.2 Å². The molecule has 1 aliphatic rings. The quantitative estimate of drug-likeness (QED) is 0.637. The van der Waals surface area contributed by atoms with Crippen LogP contribution in [0.2, 0.25) is 0 Å². The lowest BCUT2D eigenvalue weighted by atomic mass is 10.2. The molecule has 3 nitrogen and oxygen atoms in total. The number of likely N-dealkylation sites (N-methyl/N-ethyl adjacent to an activating group) is 1. The third kappa shape index (κ3) is 4.96. The van der Waals surface area contributed by atoms with Crippen LogP contribution < -0.4 is 5.32 Å². The zero-order valence-corrected chi connectivity index (χ0v) is 10.6. The highest BCUT2D eigenvalue weighted by Crippen LogP contribution is 2.12. The van der Waals surface area contributed by atoms with Gasteiger partial charge in [0.1, 0.15) is 0 Å². The first kappa shape index (κ1) is 12.9. The van der Waals surface area contributed by atoms with Gasteiger partial charge in [-0.1, -0.05) is 6.92 Å². The molecule has 15 heavy (non-hydrogen) atoms. The van der Waals surface area contributed by atoms with Crippen molar-refractivity contribution in [3.63, 3.8) is 0 Å². The fourth-order valence-electron chi connectivity index (χ4n) is 2.17. The second kappa shape index (κ2) is 7.20. The van der Waals surface area contributed by atoms with Crippen molar-refractivity contribution in [3.8, 4) is 0 Å². The predicted octanol–water partition coefficient (Wildman–Crippen LogP) is 1.01. The van der Waals surface area contributed by atoms with E-state index in [9.17, 15) is 0 Å². The molecule has 1 unspecified atom stereocenters. The number of hydrogen-bond donors (Lipinski definition) is 1. The molecule has 0 spiro atoms. The first-order chi connectivity index (χ1) is 7.24. The molecule has 1 fully saturated rings. The molecule has 0 aromatic rings. The average molecular weight is 213 g/mol. The smallest absolute Gasteiger partial charge is 0.0229 e. The number of nitrogens with zero attached hydrogens (tertiary/aromatic N) is 2. The van der Waals surface area contributed by atoms with E-state index < -0.39 is 0 Å². The normalized spacial score (nSPS) is 22.8. The third-order valence-electron chi connectivity index (χ3n) is 3.23. The molecule has 90 valence electrons. The molecule has 0 saturated carbocycles. The lowest BCUT2D eigenvalue weighted by Gasteiger charge is -2.20. The Morgan fingerprint density at radius 2 is 2.13 bits per heavy atom. The Kier molecular flexibility index (Phi) is 6.22. The number of nitrogens with one attached hydrogen (secondary N) is 1. The Morgan fingerprint density at radius 3 is 2.73 bits per heavy atom. The van der Waals surface area contributed by atoms with E-state index in [1.165, 1.54) is 52.0 Å². The summed E-state index contributed by atoms with van der Waals surface area (Å²) in [6.45, 7) is 8.38. The van der Waals surface area contributed by atoms with Gasteiger partial charge in [-0.25, -0.2) is 0 Å². The van der Waals surface area contributed by atoms with Crippen molar-refractivity contribution < 1.29 is 0 Å². The molecule has 0 aliphatic carbocycles. The maximum Gasteiger partial charge on any atom is 0.0229 e. The van der Waals surface area contributed by atoms with E-state index >= 15 is 0 Å². The van der Waals surface area contributed by atoms with Crippen molar-refractivity contribution in [1.82, 2.24) is 15.1 Å². The highest BCUT2D eigenvalue weighted by molar-refractivity contribution is 4.80. The number of rotatable bonds is 7. The molecule has 3 heteroatoms. The van der Waals surface area contributed by atoms with Crippen LogP contribution in [0.25, 0.3) is 0 Å². The van der Waals surface area contributed by atoms with Gasteiger partial charge in [0.05, 0.1) is 0 Å². The monoisotopic (exact) mass is 213 g/mol. The van der Waals surface area contributed by atoms with Crippen LogP contribution in [0.3, 0.4) is 0 Å². The minimum atomic E-state index is 0.786. The highest BCUT2D eigenvalue weighted by atomic mass is 15.2. The summed E-state index contributed by atoms with van der Waals surface area (Å²) < 4.78 is 0. The third-order valence-corrected chi connectivity index (χ3v) is 3.23. The van der Waals surface area contributed by atoms with E-state index in [0.717, 1.165) is 6.04 Å². The van der Waals surface area contributed by atoms with E-state index in [-0.39, 0.29) is 0 Å². The molecule has 0 amide bonds. The zero-order valence-electron chi connectivity index (χ0n) is 10.6. The summed E-state index contributed by atoms with van der Waals surface area (Å²) in [7, 11) is 4.38. The Morgan fingerprint density at radius 1 is 1.33 bits per heavy atom. The largest absolute Gasteiger partial charge is 0.317 e. The van der Waals surface area contributed by atoms with E-state index in [4.69, 9.17) is 0 Å².